The minimum atomic E-state index is -0.456. The van der Waals surface area contributed by atoms with Crippen molar-refractivity contribution >= 4 is 27.5 Å². The van der Waals surface area contributed by atoms with Crippen LogP contribution in [0.2, 0.25) is 0 Å². The molecule has 4 rings (SSSR count). The number of furan rings is 1. The van der Waals surface area contributed by atoms with E-state index in [9.17, 15) is 9.18 Å². The van der Waals surface area contributed by atoms with Crippen LogP contribution in [0, 0.1) is 5.82 Å². The molecular formula is C20H14BrFN2O2. The van der Waals surface area contributed by atoms with Crippen molar-refractivity contribution in [1.82, 2.24) is 5.01 Å². The highest BCUT2D eigenvalue weighted by atomic mass is 79.9. The summed E-state index contributed by atoms with van der Waals surface area (Å²) in [4.78, 5) is 13.0. The van der Waals surface area contributed by atoms with E-state index >= 15 is 0 Å². The summed E-state index contributed by atoms with van der Waals surface area (Å²) in [5, 5.41) is 5.91. The van der Waals surface area contributed by atoms with Gasteiger partial charge in [-0.05, 0) is 42.0 Å². The Morgan fingerprint density at radius 2 is 2.00 bits per heavy atom. The van der Waals surface area contributed by atoms with Gasteiger partial charge in [0.1, 0.15) is 17.3 Å². The van der Waals surface area contributed by atoms with Crippen molar-refractivity contribution in [3.63, 3.8) is 0 Å². The van der Waals surface area contributed by atoms with Crippen LogP contribution in [0.25, 0.3) is 0 Å². The first-order chi connectivity index (χ1) is 12.6. The first-order valence-corrected chi connectivity index (χ1v) is 8.87. The number of amides is 1. The quantitative estimate of drug-likeness (QED) is 0.595. The van der Waals surface area contributed by atoms with Gasteiger partial charge in [0.25, 0.3) is 5.91 Å². The Kier molecular flexibility index (Phi) is 4.42. The molecule has 0 bridgehead atoms. The van der Waals surface area contributed by atoms with Gasteiger partial charge >= 0.3 is 0 Å². The van der Waals surface area contributed by atoms with E-state index in [2.05, 4.69) is 21.0 Å². The number of carbonyl (C=O) groups is 1. The van der Waals surface area contributed by atoms with E-state index in [-0.39, 0.29) is 17.5 Å². The molecule has 130 valence electrons. The van der Waals surface area contributed by atoms with Gasteiger partial charge in [0, 0.05) is 16.5 Å². The number of nitrogens with zero attached hydrogens (tertiary/aromatic N) is 2. The predicted molar refractivity (Wildman–Crippen MR) is 99.3 cm³/mol. The van der Waals surface area contributed by atoms with Gasteiger partial charge < -0.3 is 4.42 Å². The molecule has 0 unspecified atom stereocenters. The number of halogens is 2. The summed E-state index contributed by atoms with van der Waals surface area (Å²) in [6.45, 7) is 0. The van der Waals surface area contributed by atoms with Crippen molar-refractivity contribution in [3.05, 3.63) is 94.1 Å². The van der Waals surface area contributed by atoms with E-state index < -0.39 is 5.82 Å². The lowest BCUT2D eigenvalue weighted by atomic mass is 10.0. The van der Waals surface area contributed by atoms with Crippen LogP contribution in [-0.4, -0.2) is 16.6 Å². The summed E-state index contributed by atoms with van der Waals surface area (Å²) in [6.07, 6.45) is 2.08. The predicted octanol–water partition coefficient (Wildman–Crippen LogP) is 5.17. The van der Waals surface area contributed by atoms with E-state index in [1.54, 1.807) is 18.4 Å². The Morgan fingerprint density at radius 3 is 2.73 bits per heavy atom. The van der Waals surface area contributed by atoms with E-state index in [1.165, 1.54) is 23.2 Å². The maximum Gasteiger partial charge on any atom is 0.274 e. The molecule has 0 aliphatic carbocycles. The van der Waals surface area contributed by atoms with Gasteiger partial charge in [-0.1, -0.05) is 40.2 Å². The first-order valence-electron chi connectivity index (χ1n) is 8.08. The van der Waals surface area contributed by atoms with Crippen molar-refractivity contribution in [1.29, 1.82) is 0 Å². The lowest BCUT2D eigenvalue weighted by Gasteiger charge is -2.23. The zero-order valence-corrected chi connectivity index (χ0v) is 15.2. The standard InChI is InChI=1S/C20H14BrFN2O2/c21-16-8-2-1-7-15(16)18-12-17(19-9-4-10-26-19)23-24(18)20(25)13-5-3-6-14(22)11-13/h1-11,18H,12H2/t18-/m0/s1. The van der Waals surface area contributed by atoms with Gasteiger partial charge in [-0.3, -0.25) is 4.79 Å². The number of rotatable bonds is 3. The topological polar surface area (TPSA) is 45.8 Å². The third-order valence-electron chi connectivity index (χ3n) is 4.26. The molecule has 0 N–H and O–H groups in total. The summed E-state index contributed by atoms with van der Waals surface area (Å²) in [5.74, 6) is -0.189. The van der Waals surface area contributed by atoms with Crippen molar-refractivity contribution in [3.8, 4) is 0 Å². The maximum absolute atomic E-state index is 13.6. The fourth-order valence-corrected chi connectivity index (χ4v) is 3.58. The minimum Gasteiger partial charge on any atom is -0.463 e. The van der Waals surface area contributed by atoms with Crippen molar-refractivity contribution < 1.29 is 13.6 Å². The Labute approximate surface area is 158 Å². The van der Waals surface area contributed by atoms with Crippen LogP contribution in [0.4, 0.5) is 4.39 Å². The molecule has 3 aromatic rings. The average molecular weight is 413 g/mol. The SMILES string of the molecule is O=C(c1cccc(F)c1)N1N=C(c2ccco2)C[C@H]1c1ccccc1Br. The summed E-state index contributed by atoms with van der Waals surface area (Å²) >= 11 is 3.55. The second-order valence-corrected chi connectivity index (χ2v) is 6.78. The number of hydrogen-bond donors (Lipinski definition) is 0. The Hall–Kier alpha value is -2.73. The highest BCUT2D eigenvalue weighted by molar-refractivity contribution is 9.10. The molecule has 0 saturated heterocycles. The number of hydrogen-bond acceptors (Lipinski definition) is 3. The van der Waals surface area contributed by atoms with Crippen LogP contribution >= 0.6 is 15.9 Å². The smallest absolute Gasteiger partial charge is 0.274 e. The molecule has 1 atom stereocenters. The van der Waals surface area contributed by atoms with E-state index in [0.717, 1.165) is 10.0 Å². The minimum absolute atomic E-state index is 0.256. The molecule has 1 aliphatic rings. The number of benzene rings is 2. The van der Waals surface area contributed by atoms with Crippen LogP contribution < -0.4 is 0 Å². The van der Waals surface area contributed by atoms with Crippen LogP contribution in [0.15, 0.2) is 80.9 Å². The lowest BCUT2D eigenvalue weighted by Crippen LogP contribution is -2.27. The van der Waals surface area contributed by atoms with Gasteiger partial charge in [-0.2, -0.15) is 5.10 Å². The highest BCUT2D eigenvalue weighted by Crippen LogP contribution is 2.37. The fraction of sp³-hybridized carbons (Fsp3) is 0.100. The van der Waals surface area contributed by atoms with Gasteiger partial charge in [0.2, 0.25) is 0 Å². The monoisotopic (exact) mass is 412 g/mol. The second kappa shape index (κ2) is 6.88. The summed E-state index contributed by atoms with van der Waals surface area (Å²) in [6, 6.07) is 16.6. The third-order valence-corrected chi connectivity index (χ3v) is 4.98. The number of hydrazone groups is 1. The van der Waals surface area contributed by atoms with E-state index in [1.807, 2.05) is 30.3 Å². The molecule has 0 spiro atoms. The summed E-state index contributed by atoms with van der Waals surface area (Å²) < 4.78 is 19.9. The molecule has 1 amide bonds. The van der Waals surface area contributed by atoms with E-state index in [0.29, 0.717) is 17.9 Å². The van der Waals surface area contributed by atoms with Gasteiger partial charge in [-0.25, -0.2) is 9.40 Å². The van der Waals surface area contributed by atoms with Crippen molar-refractivity contribution in [2.75, 3.05) is 0 Å². The summed E-state index contributed by atoms with van der Waals surface area (Å²) in [7, 11) is 0. The van der Waals surface area contributed by atoms with Crippen molar-refractivity contribution in [2.24, 2.45) is 5.10 Å². The fourth-order valence-electron chi connectivity index (χ4n) is 3.03. The summed E-state index contributed by atoms with van der Waals surface area (Å²) in [5.41, 5.74) is 1.87. The van der Waals surface area contributed by atoms with Gasteiger partial charge in [0.15, 0.2) is 0 Å². The average Bonchev–Trinajstić information content (AvgIpc) is 3.31. The van der Waals surface area contributed by atoms with Gasteiger partial charge in [-0.15, -0.1) is 0 Å². The molecule has 4 nitrogen and oxygen atoms in total. The van der Waals surface area contributed by atoms with Crippen LogP contribution in [0.3, 0.4) is 0 Å². The number of carbonyl (C=O) groups excluding carboxylic acids is 1. The normalized spacial score (nSPS) is 16.6. The molecule has 2 aromatic carbocycles. The third kappa shape index (κ3) is 3.08. The Morgan fingerprint density at radius 1 is 1.15 bits per heavy atom. The van der Waals surface area contributed by atoms with Gasteiger partial charge in [0.05, 0.1) is 12.3 Å². The Bertz CT molecular complexity index is 985. The van der Waals surface area contributed by atoms with Crippen LogP contribution in [0.5, 0.6) is 0 Å². The molecule has 26 heavy (non-hydrogen) atoms. The van der Waals surface area contributed by atoms with Crippen LogP contribution in [0.1, 0.15) is 34.1 Å². The Balaban J connectivity index is 1.76. The molecule has 0 radical (unpaired) electrons. The molecule has 0 fully saturated rings. The first kappa shape index (κ1) is 16.7. The van der Waals surface area contributed by atoms with Crippen LogP contribution in [-0.2, 0) is 0 Å². The van der Waals surface area contributed by atoms with Crippen molar-refractivity contribution in [2.45, 2.75) is 12.5 Å². The molecular weight excluding hydrogens is 399 g/mol. The lowest BCUT2D eigenvalue weighted by molar-refractivity contribution is 0.0710. The molecule has 1 aliphatic heterocycles. The largest absolute Gasteiger partial charge is 0.463 e. The maximum atomic E-state index is 13.6. The second-order valence-electron chi connectivity index (χ2n) is 5.93. The molecule has 2 heterocycles. The zero-order chi connectivity index (χ0) is 18.1. The molecule has 0 saturated carbocycles. The molecule has 6 heteroatoms. The zero-order valence-electron chi connectivity index (χ0n) is 13.6. The highest BCUT2D eigenvalue weighted by Gasteiger charge is 2.35. The van der Waals surface area contributed by atoms with E-state index in [4.69, 9.17) is 4.42 Å². The molecule has 1 aromatic heterocycles.